The smallest absolute Gasteiger partial charge is 0.228 e. The highest BCUT2D eigenvalue weighted by Crippen LogP contribution is 2.55. The number of hydrogen-bond acceptors (Lipinski definition) is 4. The van der Waals surface area contributed by atoms with Crippen molar-refractivity contribution in [3.63, 3.8) is 0 Å². The van der Waals surface area contributed by atoms with Crippen LogP contribution in [0.2, 0.25) is 24.2 Å². The van der Waals surface area contributed by atoms with E-state index >= 15 is 0 Å². The SMILES string of the molecule is CCCC[Si]1(C(C)(C)C)N(N(C)C)[Si](C)(C)N1N(C)C. The Balaban J connectivity index is 3.34. The normalized spacial score (nSPS) is 23.4. The van der Waals surface area contributed by atoms with Crippen LogP contribution in [0.15, 0.2) is 0 Å². The molecule has 1 fully saturated rings. The topological polar surface area (TPSA) is 13.0 Å². The van der Waals surface area contributed by atoms with Gasteiger partial charge in [-0.2, -0.15) is 0 Å². The average molecular weight is 317 g/mol. The summed E-state index contributed by atoms with van der Waals surface area (Å²) in [5.74, 6) is 0. The van der Waals surface area contributed by atoms with Gasteiger partial charge in [0, 0.05) is 28.2 Å². The van der Waals surface area contributed by atoms with Crippen molar-refractivity contribution >= 4 is 16.8 Å². The molecule has 0 bridgehead atoms. The monoisotopic (exact) mass is 316 g/mol. The Kier molecular flexibility index (Phi) is 5.33. The van der Waals surface area contributed by atoms with Gasteiger partial charge in [-0.05, 0) is 24.2 Å². The summed E-state index contributed by atoms with van der Waals surface area (Å²) in [6, 6.07) is 1.36. The van der Waals surface area contributed by atoms with Crippen molar-refractivity contribution in [3.05, 3.63) is 0 Å². The standard InChI is InChI=1S/C14H36N4Si2/c1-11-12-13-20(14(2,3)4)17(15(5)6)19(9,10)18(20)16(7)8/h11-13H2,1-10H3. The minimum atomic E-state index is -1.71. The fourth-order valence-electron chi connectivity index (χ4n) is 4.33. The van der Waals surface area contributed by atoms with Crippen molar-refractivity contribution in [2.75, 3.05) is 28.2 Å². The van der Waals surface area contributed by atoms with Crippen LogP contribution in [-0.2, 0) is 0 Å². The summed E-state index contributed by atoms with van der Waals surface area (Å²) in [4.78, 5) is 0. The first-order valence-corrected chi connectivity index (χ1v) is 12.9. The number of rotatable bonds is 5. The number of hydrazine groups is 2. The average Bonchev–Trinajstić information content (AvgIpc) is 2.20. The Labute approximate surface area is 129 Å². The molecule has 1 aliphatic rings. The first-order chi connectivity index (χ1) is 8.94. The summed E-state index contributed by atoms with van der Waals surface area (Å²) in [5, 5.41) is 5.15. The zero-order valence-electron chi connectivity index (χ0n) is 15.4. The van der Waals surface area contributed by atoms with Crippen molar-refractivity contribution in [1.82, 2.24) is 18.7 Å². The van der Waals surface area contributed by atoms with Crippen LogP contribution in [0.25, 0.3) is 0 Å². The van der Waals surface area contributed by atoms with E-state index in [0.29, 0.717) is 5.04 Å². The molecular weight excluding hydrogens is 280 g/mol. The van der Waals surface area contributed by atoms with Crippen LogP contribution >= 0.6 is 0 Å². The van der Waals surface area contributed by atoms with Crippen molar-refractivity contribution in [2.45, 2.75) is 64.7 Å². The van der Waals surface area contributed by atoms with Gasteiger partial charge in [-0.1, -0.05) is 40.5 Å². The number of nitrogens with zero attached hydrogens (tertiary/aromatic N) is 4. The van der Waals surface area contributed by atoms with E-state index < -0.39 is 16.8 Å². The Bertz CT molecular complexity index is 319. The molecular formula is C14H36N4Si2. The molecule has 0 atom stereocenters. The highest BCUT2D eigenvalue weighted by atomic mass is 28.5. The molecule has 0 radical (unpaired) electrons. The van der Waals surface area contributed by atoms with Gasteiger partial charge in [0.2, 0.25) is 16.8 Å². The van der Waals surface area contributed by atoms with E-state index in [1.807, 2.05) is 0 Å². The third kappa shape index (κ3) is 2.55. The van der Waals surface area contributed by atoms with E-state index in [4.69, 9.17) is 0 Å². The molecule has 0 N–H and O–H groups in total. The number of unbranched alkanes of at least 4 members (excludes halogenated alkanes) is 1. The predicted octanol–water partition coefficient (Wildman–Crippen LogP) is 3.30. The van der Waals surface area contributed by atoms with Gasteiger partial charge in [-0.3, -0.25) is 18.7 Å². The third-order valence-electron chi connectivity index (χ3n) is 4.62. The molecule has 0 saturated carbocycles. The van der Waals surface area contributed by atoms with Crippen molar-refractivity contribution < 1.29 is 0 Å². The van der Waals surface area contributed by atoms with Crippen LogP contribution in [0.3, 0.4) is 0 Å². The van der Waals surface area contributed by atoms with E-state index in [2.05, 4.69) is 87.7 Å². The number of hydrogen-bond donors (Lipinski definition) is 0. The Morgan fingerprint density at radius 1 is 0.900 bits per heavy atom. The fraction of sp³-hybridized carbons (Fsp3) is 1.00. The van der Waals surface area contributed by atoms with Crippen molar-refractivity contribution in [1.29, 1.82) is 0 Å². The molecule has 0 unspecified atom stereocenters. The quantitative estimate of drug-likeness (QED) is 0.721. The minimum Gasteiger partial charge on any atom is -0.258 e. The maximum atomic E-state index is 2.84. The van der Waals surface area contributed by atoms with Crippen molar-refractivity contribution in [2.24, 2.45) is 0 Å². The second-order valence-electron chi connectivity index (χ2n) is 7.98. The van der Waals surface area contributed by atoms with Crippen LogP contribution in [0.5, 0.6) is 0 Å². The second-order valence-corrected chi connectivity index (χ2v) is 17.2. The molecule has 120 valence electrons. The lowest BCUT2D eigenvalue weighted by atomic mass is 10.2. The Hall–Kier alpha value is 0.274. The highest BCUT2D eigenvalue weighted by molar-refractivity contribution is 7.05. The molecule has 4 nitrogen and oxygen atoms in total. The van der Waals surface area contributed by atoms with Crippen LogP contribution in [0.4, 0.5) is 0 Å². The van der Waals surface area contributed by atoms with Gasteiger partial charge < -0.3 is 0 Å². The molecule has 0 aromatic rings. The lowest BCUT2D eigenvalue weighted by Gasteiger charge is -2.75. The molecule has 1 aliphatic heterocycles. The van der Waals surface area contributed by atoms with Crippen LogP contribution in [0.1, 0.15) is 40.5 Å². The Morgan fingerprint density at radius 2 is 1.30 bits per heavy atom. The molecule has 0 amide bonds. The summed E-state index contributed by atoms with van der Waals surface area (Å²) in [6.45, 7) is 14.6. The molecule has 1 heterocycles. The summed E-state index contributed by atoms with van der Waals surface area (Å²) in [5.41, 5.74) is 0. The molecule has 1 saturated heterocycles. The van der Waals surface area contributed by atoms with Crippen LogP contribution in [0, 0.1) is 0 Å². The van der Waals surface area contributed by atoms with Gasteiger partial charge in [0.05, 0.1) is 0 Å². The third-order valence-corrected chi connectivity index (χ3v) is 18.6. The molecule has 0 spiro atoms. The molecule has 1 rings (SSSR count). The molecule has 6 heteroatoms. The van der Waals surface area contributed by atoms with Gasteiger partial charge in [0.1, 0.15) is 0 Å². The summed E-state index contributed by atoms with van der Waals surface area (Å²) in [6.07, 6.45) is 2.62. The summed E-state index contributed by atoms with van der Waals surface area (Å²) in [7, 11) is 5.69. The van der Waals surface area contributed by atoms with E-state index in [1.54, 1.807) is 0 Å². The zero-order chi connectivity index (χ0) is 15.9. The van der Waals surface area contributed by atoms with Crippen molar-refractivity contribution in [3.8, 4) is 0 Å². The van der Waals surface area contributed by atoms with E-state index in [1.165, 1.54) is 18.9 Å². The molecule has 0 aromatic heterocycles. The minimum absolute atomic E-state index is 0.346. The summed E-state index contributed by atoms with van der Waals surface area (Å²) < 4.78 is 5.69. The summed E-state index contributed by atoms with van der Waals surface area (Å²) >= 11 is 0. The maximum absolute atomic E-state index is 2.84. The van der Waals surface area contributed by atoms with Crippen LogP contribution in [-0.4, -0.2) is 63.7 Å². The van der Waals surface area contributed by atoms with Crippen LogP contribution < -0.4 is 0 Å². The van der Waals surface area contributed by atoms with Gasteiger partial charge in [-0.25, -0.2) is 0 Å². The van der Waals surface area contributed by atoms with Gasteiger partial charge in [0.25, 0.3) is 0 Å². The lowest BCUT2D eigenvalue weighted by molar-refractivity contribution is 0.0474. The van der Waals surface area contributed by atoms with E-state index in [-0.39, 0.29) is 0 Å². The molecule has 0 aromatic carbocycles. The van der Waals surface area contributed by atoms with Gasteiger partial charge in [0.15, 0.2) is 0 Å². The zero-order valence-corrected chi connectivity index (χ0v) is 17.4. The molecule has 0 aliphatic carbocycles. The lowest BCUT2D eigenvalue weighted by Crippen LogP contribution is -2.97. The second kappa shape index (κ2) is 5.81. The first-order valence-electron chi connectivity index (χ1n) is 7.89. The van der Waals surface area contributed by atoms with Gasteiger partial charge in [-0.15, -0.1) is 0 Å². The Morgan fingerprint density at radius 3 is 1.55 bits per heavy atom. The largest absolute Gasteiger partial charge is 0.258 e. The van der Waals surface area contributed by atoms with Gasteiger partial charge >= 0.3 is 0 Å². The highest BCUT2D eigenvalue weighted by Gasteiger charge is 2.72. The first kappa shape index (κ1) is 18.3. The fourth-order valence-corrected chi connectivity index (χ4v) is 21.7. The van der Waals surface area contributed by atoms with E-state index in [9.17, 15) is 0 Å². The predicted molar refractivity (Wildman–Crippen MR) is 93.7 cm³/mol. The maximum Gasteiger partial charge on any atom is 0.228 e. The molecule has 20 heavy (non-hydrogen) atoms. The van der Waals surface area contributed by atoms with E-state index in [0.717, 1.165) is 0 Å².